The third-order valence-corrected chi connectivity index (χ3v) is 3.15. The molecule has 0 bridgehead atoms. The molecular weight excluding hydrogens is 285 g/mol. The number of halogens is 1. The van der Waals surface area contributed by atoms with Gasteiger partial charge in [-0.15, -0.1) is 0 Å². The number of anilines is 1. The second-order valence-electron chi connectivity index (χ2n) is 4.89. The molecule has 0 fully saturated rings. The fourth-order valence-electron chi connectivity index (χ4n) is 2.01. The molecule has 0 saturated heterocycles. The Morgan fingerprint density at radius 2 is 1.82 bits per heavy atom. The maximum Gasteiger partial charge on any atom is 0.274 e. The van der Waals surface area contributed by atoms with Crippen LogP contribution in [0.25, 0.3) is 0 Å². The van der Waals surface area contributed by atoms with E-state index in [1.807, 2.05) is 31.2 Å². The minimum atomic E-state index is -0.596. The van der Waals surface area contributed by atoms with E-state index in [-0.39, 0.29) is 11.6 Å². The van der Waals surface area contributed by atoms with Crippen molar-refractivity contribution in [2.24, 2.45) is 5.73 Å². The molecule has 2 N–H and O–H groups in total. The van der Waals surface area contributed by atoms with Gasteiger partial charge in [0.2, 0.25) is 0 Å². The molecule has 0 saturated carbocycles. The molecule has 0 spiro atoms. The van der Waals surface area contributed by atoms with Crippen LogP contribution >= 0.6 is 0 Å². The average molecular weight is 301 g/mol. The van der Waals surface area contributed by atoms with Gasteiger partial charge in [0.1, 0.15) is 5.82 Å². The maximum absolute atomic E-state index is 13.0. The molecule has 5 nitrogen and oxygen atoms in total. The second-order valence-corrected chi connectivity index (χ2v) is 4.89. The van der Waals surface area contributed by atoms with Crippen LogP contribution in [0.4, 0.5) is 10.1 Å². The summed E-state index contributed by atoms with van der Waals surface area (Å²) in [4.78, 5) is 11.7. The summed E-state index contributed by atoms with van der Waals surface area (Å²) in [6.45, 7) is 2.25. The van der Waals surface area contributed by atoms with Crippen molar-refractivity contribution in [3.8, 4) is 0 Å². The van der Waals surface area contributed by atoms with Crippen LogP contribution in [0.2, 0.25) is 0 Å². The van der Waals surface area contributed by atoms with E-state index in [1.54, 1.807) is 17.0 Å². The first kappa shape index (κ1) is 15.5. The quantitative estimate of drug-likeness (QED) is 0.680. The molecule has 0 amide bonds. The van der Waals surface area contributed by atoms with Gasteiger partial charge in [0.25, 0.3) is 6.20 Å². The molecule has 0 atom stereocenters. The fourth-order valence-corrected chi connectivity index (χ4v) is 2.01. The van der Waals surface area contributed by atoms with E-state index < -0.39 is 4.92 Å². The zero-order valence-electron chi connectivity index (χ0n) is 12.1. The van der Waals surface area contributed by atoms with Crippen molar-refractivity contribution in [2.45, 2.75) is 13.5 Å². The van der Waals surface area contributed by atoms with E-state index in [2.05, 4.69) is 0 Å². The van der Waals surface area contributed by atoms with Gasteiger partial charge in [-0.3, -0.25) is 10.1 Å². The number of nitrogens with two attached hydrogens (primary N) is 1. The lowest BCUT2D eigenvalue weighted by molar-refractivity contribution is -0.403. The number of hydrogen-bond donors (Lipinski definition) is 1. The summed E-state index contributed by atoms with van der Waals surface area (Å²) < 4.78 is 13.0. The standard InChI is InChI=1S/C16H16FN3O2/c1-12-2-8-15(9-3-12)19(16(18)11-20(21)22)10-13-4-6-14(17)7-5-13/h2-9,11H,10,18H2,1H3/b16-11+. The number of benzene rings is 2. The predicted molar refractivity (Wildman–Crippen MR) is 83.0 cm³/mol. The molecule has 0 heterocycles. The molecule has 6 heteroatoms. The number of rotatable bonds is 5. The molecule has 0 aromatic heterocycles. The molecule has 22 heavy (non-hydrogen) atoms. The van der Waals surface area contributed by atoms with E-state index in [0.29, 0.717) is 6.54 Å². The van der Waals surface area contributed by atoms with Crippen LogP contribution in [0.5, 0.6) is 0 Å². The van der Waals surface area contributed by atoms with Gasteiger partial charge in [0.15, 0.2) is 5.82 Å². The van der Waals surface area contributed by atoms with Gasteiger partial charge in [0, 0.05) is 12.2 Å². The first-order valence-electron chi connectivity index (χ1n) is 6.65. The van der Waals surface area contributed by atoms with Gasteiger partial charge < -0.3 is 10.6 Å². The molecular formula is C16H16FN3O2. The third-order valence-electron chi connectivity index (χ3n) is 3.15. The molecule has 0 aliphatic rings. The van der Waals surface area contributed by atoms with Gasteiger partial charge in [-0.25, -0.2) is 4.39 Å². The van der Waals surface area contributed by atoms with E-state index in [9.17, 15) is 14.5 Å². The summed E-state index contributed by atoms with van der Waals surface area (Å²) in [5, 5.41) is 10.7. The number of aryl methyl sites for hydroxylation is 1. The first-order chi connectivity index (χ1) is 10.5. The predicted octanol–water partition coefficient (Wildman–Crippen LogP) is 3.18. The highest BCUT2D eigenvalue weighted by Crippen LogP contribution is 2.21. The minimum Gasteiger partial charge on any atom is -0.380 e. The van der Waals surface area contributed by atoms with E-state index in [4.69, 9.17) is 5.73 Å². The van der Waals surface area contributed by atoms with Crippen LogP contribution in [0.15, 0.2) is 60.6 Å². The van der Waals surface area contributed by atoms with Gasteiger partial charge >= 0.3 is 0 Å². The van der Waals surface area contributed by atoms with Gasteiger partial charge in [-0.2, -0.15) is 0 Å². The molecule has 0 radical (unpaired) electrons. The zero-order valence-corrected chi connectivity index (χ0v) is 12.1. The Kier molecular flexibility index (Phi) is 4.73. The van der Waals surface area contributed by atoms with Crippen LogP contribution < -0.4 is 10.6 Å². The lowest BCUT2D eigenvalue weighted by atomic mass is 10.1. The Morgan fingerprint density at radius 3 is 2.36 bits per heavy atom. The first-order valence-corrected chi connectivity index (χ1v) is 6.65. The monoisotopic (exact) mass is 301 g/mol. The Morgan fingerprint density at radius 1 is 1.23 bits per heavy atom. The van der Waals surface area contributed by atoms with Crippen molar-refractivity contribution < 1.29 is 9.31 Å². The Labute approximate surface area is 127 Å². The van der Waals surface area contributed by atoms with E-state index >= 15 is 0 Å². The van der Waals surface area contributed by atoms with Crippen molar-refractivity contribution in [3.63, 3.8) is 0 Å². The van der Waals surface area contributed by atoms with Gasteiger partial charge in [-0.05, 0) is 36.8 Å². The number of nitro groups is 1. The zero-order chi connectivity index (χ0) is 16.1. The number of hydrogen-bond acceptors (Lipinski definition) is 4. The number of nitrogens with zero attached hydrogens (tertiary/aromatic N) is 2. The van der Waals surface area contributed by atoms with Crippen LogP contribution in [-0.2, 0) is 6.54 Å². The highest BCUT2D eigenvalue weighted by molar-refractivity contribution is 5.52. The van der Waals surface area contributed by atoms with Gasteiger partial charge in [0.05, 0.1) is 4.92 Å². The SMILES string of the molecule is Cc1ccc(N(Cc2ccc(F)cc2)/C(N)=C/[N+](=O)[O-])cc1. The van der Waals surface area contributed by atoms with Crippen molar-refractivity contribution in [1.82, 2.24) is 0 Å². The lowest BCUT2D eigenvalue weighted by Crippen LogP contribution is -2.28. The summed E-state index contributed by atoms with van der Waals surface area (Å²) in [6.07, 6.45) is 0.753. The molecule has 0 aliphatic heterocycles. The van der Waals surface area contributed by atoms with Crippen molar-refractivity contribution in [3.05, 3.63) is 87.6 Å². The van der Waals surface area contributed by atoms with Crippen LogP contribution in [0.1, 0.15) is 11.1 Å². The maximum atomic E-state index is 13.0. The normalized spacial score (nSPS) is 11.3. The molecule has 0 unspecified atom stereocenters. The van der Waals surface area contributed by atoms with E-state index in [1.165, 1.54) is 12.1 Å². The van der Waals surface area contributed by atoms with Crippen molar-refractivity contribution in [2.75, 3.05) is 4.90 Å². The van der Waals surface area contributed by atoms with Crippen molar-refractivity contribution >= 4 is 5.69 Å². The van der Waals surface area contributed by atoms with Gasteiger partial charge in [-0.1, -0.05) is 29.8 Å². The largest absolute Gasteiger partial charge is 0.380 e. The molecule has 2 rings (SSSR count). The molecule has 2 aromatic carbocycles. The minimum absolute atomic E-state index is 0.0122. The molecule has 0 aliphatic carbocycles. The van der Waals surface area contributed by atoms with E-state index in [0.717, 1.165) is 23.0 Å². The molecule has 2 aromatic rings. The summed E-state index contributed by atoms with van der Waals surface area (Å²) >= 11 is 0. The van der Waals surface area contributed by atoms with Crippen molar-refractivity contribution in [1.29, 1.82) is 0 Å². The Bertz CT molecular complexity index is 682. The van der Waals surface area contributed by atoms with Crippen LogP contribution in [0.3, 0.4) is 0 Å². The Balaban J connectivity index is 2.34. The molecule has 114 valence electrons. The highest BCUT2D eigenvalue weighted by Gasteiger charge is 2.13. The fraction of sp³-hybridized carbons (Fsp3) is 0.125. The third kappa shape index (κ3) is 4.05. The van der Waals surface area contributed by atoms with Crippen LogP contribution in [0, 0.1) is 22.9 Å². The second kappa shape index (κ2) is 6.71. The summed E-state index contributed by atoms with van der Waals surface area (Å²) in [6, 6.07) is 13.4. The summed E-state index contributed by atoms with van der Waals surface area (Å²) in [7, 11) is 0. The van der Waals surface area contributed by atoms with Crippen LogP contribution in [-0.4, -0.2) is 4.92 Å². The summed E-state index contributed by atoms with van der Waals surface area (Å²) in [5.41, 5.74) is 8.43. The summed E-state index contributed by atoms with van der Waals surface area (Å²) in [5.74, 6) is -0.322. The topological polar surface area (TPSA) is 72.4 Å². The average Bonchev–Trinajstić information content (AvgIpc) is 2.47. The Hall–Kier alpha value is -2.89. The smallest absolute Gasteiger partial charge is 0.274 e. The highest BCUT2D eigenvalue weighted by atomic mass is 19.1. The lowest BCUT2D eigenvalue weighted by Gasteiger charge is -2.23.